The van der Waals surface area contributed by atoms with Crippen LogP contribution in [0.15, 0.2) is 82.5 Å². The number of halogens is 2. The summed E-state index contributed by atoms with van der Waals surface area (Å²) in [4.78, 5) is 32.0. The van der Waals surface area contributed by atoms with Crippen LogP contribution in [-0.4, -0.2) is 46.6 Å². The maximum Gasteiger partial charge on any atom is 0.255 e. The van der Waals surface area contributed by atoms with Crippen LogP contribution in [0.3, 0.4) is 0 Å². The van der Waals surface area contributed by atoms with Gasteiger partial charge in [-0.15, -0.1) is 11.3 Å². The topological polar surface area (TPSA) is 74.3 Å². The number of rotatable bonds is 9. The summed E-state index contributed by atoms with van der Waals surface area (Å²) >= 11 is 15.1. The molecule has 4 aromatic rings. The van der Waals surface area contributed by atoms with Crippen LogP contribution in [-0.2, 0) is 11.3 Å². The van der Waals surface area contributed by atoms with Crippen LogP contribution >= 0.6 is 46.3 Å². The minimum atomic E-state index is -0.146. The number of anilines is 1. The molecule has 10 heteroatoms. The second-order valence-electron chi connectivity index (χ2n) is 9.55. The first kappa shape index (κ1) is 28.6. The van der Waals surface area contributed by atoms with E-state index in [0.717, 1.165) is 59.3 Å². The molecular weight excluding hydrogens is 583 g/mol. The van der Waals surface area contributed by atoms with Gasteiger partial charge in [0.2, 0.25) is 5.91 Å². The van der Waals surface area contributed by atoms with Crippen molar-refractivity contribution in [3.63, 3.8) is 0 Å². The molecule has 206 valence electrons. The molecule has 0 saturated carbocycles. The fourth-order valence-corrected chi connectivity index (χ4v) is 6.47. The monoisotopic (exact) mass is 610 g/mol. The van der Waals surface area contributed by atoms with E-state index < -0.39 is 0 Å². The summed E-state index contributed by atoms with van der Waals surface area (Å²) in [5.74, 6) is 0.219. The number of carbonyl (C=O) groups is 2. The fraction of sp³-hybridized carbons (Fsp3) is 0.233. The standard InChI is InChI=1S/C30H28Cl2N4O2S2/c31-25-11-6-20(16-26(25)32)17-36-14-12-24(13-15-36)33-28(37)19-40-30-35-27(18-39-30)21-7-9-23(10-8-21)34-29(38)22-4-2-1-3-5-22/h1-11,16,18,24H,12-15,17,19H2,(H,33,37)(H,34,38). The molecule has 3 aromatic carbocycles. The third-order valence-electron chi connectivity index (χ3n) is 6.63. The predicted octanol–water partition coefficient (Wildman–Crippen LogP) is 7.24. The van der Waals surface area contributed by atoms with E-state index in [9.17, 15) is 9.59 Å². The summed E-state index contributed by atoms with van der Waals surface area (Å²) in [5, 5.41) is 9.22. The van der Waals surface area contributed by atoms with Gasteiger partial charge in [0.25, 0.3) is 5.91 Å². The number of benzene rings is 3. The van der Waals surface area contributed by atoms with E-state index in [1.165, 1.54) is 23.1 Å². The highest BCUT2D eigenvalue weighted by Gasteiger charge is 2.21. The van der Waals surface area contributed by atoms with Crippen LogP contribution < -0.4 is 10.6 Å². The third kappa shape index (κ3) is 7.86. The maximum absolute atomic E-state index is 12.6. The average Bonchev–Trinajstić information content (AvgIpc) is 3.45. The number of thiazole rings is 1. The molecule has 0 aliphatic carbocycles. The lowest BCUT2D eigenvalue weighted by Gasteiger charge is -2.32. The summed E-state index contributed by atoms with van der Waals surface area (Å²) in [6.45, 7) is 2.66. The van der Waals surface area contributed by atoms with Gasteiger partial charge in [0.1, 0.15) is 0 Å². The van der Waals surface area contributed by atoms with Crippen molar-refractivity contribution in [3.05, 3.63) is 99.3 Å². The van der Waals surface area contributed by atoms with Crippen molar-refractivity contribution in [3.8, 4) is 11.3 Å². The quantitative estimate of drug-likeness (QED) is 0.195. The summed E-state index contributed by atoms with van der Waals surface area (Å²) in [6, 6.07) is 22.7. The van der Waals surface area contributed by atoms with Gasteiger partial charge in [-0.25, -0.2) is 4.98 Å². The van der Waals surface area contributed by atoms with Gasteiger partial charge in [-0.05, 0) is 54.8 Å². The average molecular weight is 612 g/mol. The number of hydrogen-bond donors (Lipinski definition) is 2. The van der Waals surface area contributed by atoms with Crippen LogP contribution in [0.1, 0.15) is 28.8 Å². The highest BCUT2D eigenvalue weighted by Crippen LogP contribution is 2.29. The van der Waals surface area contributed by atoms with Crippen LogP contribution in [0.4, 0.5) is 5.69 Å². The first-order valence-corrected chi connectivity index (χ1v) is 15.6. The first-order valence-electron chi connectivity index (χ1n) is 12.9. The fourth-order valence-electron chi connectivity index (χ4n) is 4.50. The molecule has 0 spiro atoms. The highest BCUT2D eigenvalue weighted by atomic mass is 35.5. The zero-order valence-corrected chi connectivity index (χ0v) is 24.8. The molecule has 2 heterocycles. The molecule has 1 aliphatic rings. The molecule has 1 saturated heterocycles. The van der Waals surface area contributed by atoms with Crippen molar-refractivity contribution >= 4 is 63.8 Å². The number of thioether (sulfide) groups is 1. The maximum atomic E-state index is 12.6. The van der Waals surface area contributed by atoms with Gasteiger partial charge in [0.15, 0.2) is 4.34 Å². The number of nitrogens with one attached hydrogen (secondary N) is 2. The van der Waals surface area contributed by atoms with Crippen molar-refractivity contribution in [1.82, 2.24) is 15.2 Å². The van der Waals surface area contributed by atoms with Gasteiger partial charge in [-0.2, -0.15) is 0 Å². The lowest BCUT2D eigenvalue weighted by molar-refractivity contribution is -0.119. The van der Waals surface area contributed by atoms with E-state index in [1.807, 2.05) is 66.0 Å². The van der Waals surface area contributed by atoms with E-state index in [-0.39, 0.29) is 17.9 Å². The molecule has 1 aromatic heterocycles. The summed E-state index contributed by atoms with van der Waals surface area (Å²) in [6.07, 6.45) is 1.84. The number of likely N-dealkylation sites (tertiary alicyclic amines) is 1. The SMILES string of the molecule is O=C(CSc1nc(-c2ccc(NC(=O)c3ccccc3)cc2)cs1)NC1CCN(Cc2ccc(Cl)c(Cl)c2)CC1. The van der Waals surface area contributed by atoms with Crippen LogP contribution in [0.2, 0.25) is 10.0 Å². The van der Waals surface area contributed by atoms with Crippen molar-refractivity contribution in [2.24, 2.45) is 0 Å². The minimum Gasteiger partial charge on any atom is -0.353 e. The molecule has 1 fully saturated rings. The smallest absolute Gasteiger partial charge is 0.255 e. The van der Waals surface area contributed by atoms with Gasteiger partial charge in [0, 0.05) is 47.9 Å². The van der Waals surface area contributed by atoms with Crippen LogP contribution in [0.5, 0.6) is 0 Å². The Morgan fingerprint density at radius 3 is 2.45 bits per heavy atom. The Morgan fingerprint density at radius 1 is 0.975 bits per heavy atom. The number of nitrogens with zero attached hydrogens (tertiary/aromatic N) is 2. The van der Waals surface area contributed by atoms with E-state index in [4.69, 9.17) is 23.2 Å². The second-order valence-corrected chi connectivity index (χ2v) is 12.4. The van der Waals surface area contributed by atoms with Crippen LogP contribution in [0.25, 0.3) is 11.3 Å². The van der Waals surface area contributed by atoms with Crippen LogP contribution in [0, 0.1) is 0 Å². The molecule has 0 bridgehead atoms. The molecule has 5 rings (SSSR count). The van der Waals surface area contributed by atoms with E-state index in [1.54, 1.807) is 12.1 Å². The zero-order chi connectivity index (χ0) is 27.9. The van der Waals surface area contributed by atoms with Gasteiger partial charge in [-0.1, -0.05) is 71.4 Å². The summed E-state index contributed by atoms with van der Waals surface area (Å²) in [5.41, 5.74) is 4.28. The Morgan fingerprint density at radius 2 is 1.73 bits per heavy atom. The Balaban J connectivity index is 1.04. The lowest BCUT2D eigenvalue weighted by atomic mass is 10.0. The third-order valence-corrected chi connectivity index (χ3v) is 9.39. The molecule has 1 aliphatic heterocycles. The van der Waals surface area contributed by atoms with Crippen molar-refractivity contribution < 1.29 is 9.59 Å². The predicted molar refractivity (Wildman–Crippen MR) is 166 cm³/mol. The Kier molecular flexibility index (Phi) is 9.78. The molecule has 0 atom stereocenters. The number of carbonyl (C=O) groups excluding carboxylic acids is 2. The number of amides is 2. The Labute approximate surface area is 252 Å². The Hall–Kier alpha value is -2.88. The lowest BCUT2D eigenvalue weighted by Crippen LogP contribution is -2.44. The highest BCUT2D eigenvalue weighted by molar-refractivity contribution is 8.01. The van der Waals surface area contributed by atoms with Crippen molar-refractivity contribution in [2.75, 3.05) is 24.2 Å². The minimum absolute atomic E-state index is 0.0307. The molecule has 40 heavy (non-hydrogen) atoms. The summed E-state index contributed by atoms with van der Waals surface area (Å²) in [7, 11) is 0. The van der Waals surface area contributed by atoms with Gasteiger partial charge >= 0.3 is 0 Å². The number of aromatic nitrogens is 1. The van der Waals surface area contributed by atoms with Crippen molar-refractivity contribution in [1.29, 1.82) is 0 Å². The molecule has 2 amide bonds. The van der Waals surface area contributed by atoms with Gasteiger partial charge < -0.3 is 10.6 Å². The first-order chi connectivity index (χ1) is 19.4. The molecule has 2 N–H and O–H groups in total. The largest absolute Gasteiger partial charge is 0.353 e. The number of piperidine rings is 1. The molecule has 0 radical (unpaired) electrons. The van der Waals surface area contributed by atoms with E-state index in [2.05, 4.69) is 20.5 Å². The van der Waals surface area contributed by atoms with E-state index in [0.29, 0.717) is 21.4 Å². The zero-order valence-electron chi connectivity index (χ0n) is 21.6. The molecule has 6 nitrogen and oxygen atoms in total. The summed E-state index contributed by atoms with van der Waals surface area (Å²) < 4.78 is 0.850. The van der Waals surface area contributed by atoms with E-state index >= 15 is 0 Å². The molecular formula is C30H28Cl2N4O2S2. The molecule has 0 unspecified atom stereocenters. The second kappa shape index (κ2) is 13.7. The number of hydrogen-bond acceptors (Lipinski definition) is 6. The normalized spacial score (nSPS) is 14.2. The van der Waals surface area contributed by atoms with Gasteiger partial charge in [0.05, 0.1) is 21.5 Å². The van der Waals surface area contributed by atoms with Gasteiger partial charge in [-0.3, -0.25) is 14.5 Å². The Bertz CT molecular complexity index is 1460. The van der Waals surface area contributed by atoms with Crippen molar-refractivity contribution in [2.45, 2.75) is 29.8 Å².